The van der Waals surface area contributed by atoms with Gasteiger partial charge in [0, 0.05) is 36.9 Å². The fraction of sp³-hybridized carbons (Fsp3) is 0.267. The molecule has 3 heteroatoms. The van der Waals surface area contributed by atoms with Crippen molar-refractivity contribution in [3.8, 4) is 0 Å². The molecule has 94 valence electrons. The number of benzene rings is 2. The lowest BCUT2D eigenvalue weighted by atomic mass is 10.0. The molecule has 0 aliphatic rings. The predicted molar refractivity (Wildman–Crippen MR) is 77.8 cm³/mol. The van der Waals surface area contributed by atoms with Crippen LogP contribution in [-0.2, 0) is 0 Å². The quantitative estimate of drug-likeness (QED) is 0.835. The fourth-order valence-corrected chi connectivity index (χ4v) is 2.03. The average Bonchev–Trinajstić information content (AvgIpc) is 2.38. The molecule has 0 saturated carbocycles. The molecule has 0 spiro atoms. The van der Waals surface area contributed by atoms with Gasteiger partial charge in [-0.1, -0.05) is 30.3 Å². The maximum Gasteiger partial charge on any atom is 0.0626 e. The molecule has 18 heavy (non-hydrogen) atoms. The topological polar surface area (TPSA) is 35.8 Å². The van der Waals surface area contributed by atoms with Crippen molar-refractivity contribution in [1.82, 2.24) is 0 Å². The van der Waals surface area contributed by atoms with Crippen LogP contribution in [0.25, 0.3) is 10.8 Å². The number of aliphatic hydroxyl groups excluding tert-OH is 1. The number of aliphatic imine (C=N–C) groups is 1. The van der Waals surface area contributed by atoms with Crippen molar-refractivity contribution in [1.29, 1.82) is 0 Å². The predicted octanol–water partition coefficient (Wildman–Crippen LogP) is 2.32. The van der Waals surface area contributed by atoms with Gasteiger partial charge in [0.1, 0.15) is 0 Å². The van der Waals surface area contributed by atoms with E-state index in [1.165, 1.54) is 16.5 Å². The number of nitrogens with zero attached hydrogens (tertiary/aromatic N) is 2. The van der Waals surface area contributed by atoms with Gasteiger partial charge in [0.2, 0.25) is 0 Å². The van der Waals surface area contributed by atoms with E-state index in [2.05, 4.69) is 34.2 Å². The van der Waals surface area contributed by atoms with E-state index in [0.717, 1.165) is 5.56 Å². The molecule has 0 aliphatic carbocycles. The molecule has 0 unspecified atom stereocenters. The van der Waals surface area contributed by atoms with Crippen LogP contribution in [0.3, 0.4) is 0 Å². The molecule has 3 nitrogen and oxygen atoms in total. The van der Waals surface area contributed by atoms with Crippen LogP contribution in [0.5, 0.6) is 0 Å². The second-order valence-electron chi connectivity index (χ2n) is 4.37. The van der Waals surface area contributed by atoms with Crippen LogP contribution in [0, 0.1) is 0 Å². The molecule has 0 amide bonds. The van der Waals surface area contributed by atoms with E-state index in [9.17, 15) is 0 Å². The third-order valence-corrected chi connectivity index (χ3v) is 2.88. The fourth-order valence-electron chi connectivity index (χ4n) is 2.03. The van der Waals surface area contributed by atoms with Crippen LogP contribution >= 0.6 is 0 Å². The highest BCUT2D eigenvalue weighted by atomic mass is 16.3. The minimum Gasteiger partial charge on any atom is -0.394 e. The third-order valence-electron chi connectivity index (χ3n) is 2.88. The van der Waals surface area contributed by atoms with Crippen LogP contribution in [0.15, 0.2) is 41.4 Å². The highest BCUT2D eigenvalue weighted by Gasteiger charge is 2.05. The molecule has 0 saturated heterocycles. The summed E-state index contributed by atoms with van der Waals surface area (Å²) in [5.74, 6) is 0. The first-order chi connectivity index (χ1) is 8.74. The van der Waals surface area contributed by atoms with Gasteiger partial charge in [0.15, 0.2) is 0 Å². The number of hydrogen-bond donors (Lipinski definition) is 1. The Kier molecular flexibility index (Phi) is 3.95. The van der Waals surface area contributed by atoms with E-state index in [1.54, 1.807) is 0 Å². The highest BCUT2D eigenvalue weighted by molar-refractivity contribution is 6.05. The number of rotatable bonds is 4. The second-order valence-corrected chi connectivity index (χ2v) is 4.37. The van der Waals surface area contributed by atoms with E-state index in [4.69, 9.17) is 5.11 Å². The summed E-state index contributed by atoms with van der Waals surface area (Å²) in [6, 6.07) is 12.5. The van der Waals surface area contributed by atoms with Gasteiger partial charge in [-0.3, -0.25) is 4.99 Å². The molecule has 0 fully saturated rings. The Hall–Kier alpha value is -1.87. The molecule has 0 aliphatic heterocycles. The Labute approximate surface area is 107 Å². The summed E-state index contributed by atoms with van der Waals surface area (Å²) in [6.07, 6.45) is 1.83. The summed E-state index contributed by atoms with van der Waals surface area (Å²) in [5.41, 5.74) is 2.29. The zero-order valence-electron chi connectivity index (χ0n) is 10.8. The molecule has 2 aromatic carbocycles. The lowest BCUT2D eigenvalue weighted by Crippen LogP contribution is -2.09. The normalized spacial score (nSPS) is 11.3. The molecule has 0 bridgehead atoms. The van der Waals surface area contributed by atoms with Crippen LogP contribution in [0.2, 0.25) is 0 Å². The van der Waals surface area contributed by atoms with E-state index in [-0.39, 0.29) is 6.61 Å². The standard InChI is InChI=1S/C15H18N2O/c1-17(2)15-8-7-12(11-16-9-10-18)13-5-3-4-6-14(13)15/h3-8,11,18H,9-10H2,1-2H3/b16-11+. The molecule has 0 radical (unpaired) electrons. The Morgan fingerprint density at radius 3 is 2.50 bits per heavy atom. The van der Waals surface area contributed by atoms with Crippen molar-refractivity contribution in [3.63, 3.8) is 0 Å². The zero-order valence-corrected chi connectivity index (χ0v) is 10.8. The van der Waals surface area contributed by atoms with Crippen molar-refractivity contribution in [2.24, 2.45) is 4.99 Å². The molecule has 2 rings (SSSR count). The second kappa shape index (κ2) is 5.65. The molecule has 0 aromatic heterocycles. The number of fused-ring (bicyclic) bond motifs is 1. The SMILES string of the molecule is CN(C)c1ccc(/C=N/CCO)c2ccccc12. The van der Waals surface area contributed by atoms with Gasteiger partial charge in [0.25, 0.3) is 0 Å². The summed E-state index contributed by atoms with van der Waals surface area (Å²) in [7, 11) is 4.09. The van der Waals surface area contributed by atoms with Gasteiger partial charge in [-0.2, -0.15) is 0 Å². The third kappa shape index (κ3) is 2.51. The lowest BCUT2D eigenvalue weighted by molar-refractivity contribution is 0.307. The van der Waals surface area contributed by atoms with Gasteiger partial charge in [-0.05, 0) is 11.5 Å². The number of anilines is 1. The van der Waals surface area contributed by atoms with Gasteiger partial charge in [-0.15, -0.1) is 0 Å². The van der Waals surface area contributed by atoms with Crippen molar-refractivity contribution < 1.29 is 5.11 Å². The van der Waals surface area contributed by atoms with E-state index >= 15 is 0 Å². The summed E-state index contributed by atoms with van der Waals surface area (Å²) >= 11 is 0. The largest absolute Gasteiger partial charge is 0.394 e. The first-order valence-electron chi connectivity index (χ1n) is 6.04. The summed E-state index contributed by atoms with van der Waals surface area (Å²) < 4.78 is 0. The Bertz CT molecular complexity index is 561. The van der Waals surface area contributed by atoms with Gasteiger partial charge < -0.3 is 10.0 Å². The van der Waals surface area contributed by atoms with Crippen LogP contribution < -0.4 is 4.90 Å². The monoisotopic (exact) mass is 242 g/mol. The van der Waals surface area contributed by atoms with Gasteiger partial charge in [-0.25, -0.2) is 0 Å². The smallest absolute Gasteiger partial charge is 0.0626 e. The van der Waals surface area contributed by atoms with Gasteiger partial charge >= 0.3 is 0 Å². The average molecular weight is 242 g/mol. The maximum absolute atomic E-state index is 8.75. The van der Waals surface area contributed by atoms with Crippen molar-refractivity contribution >= 4 is 22.7 Å². The minimum absolute atomic E-state index is 0.0875. The first-order valence-corrected chi connectivity index (χ1v) is 6.04. The van der Waals surface area contributed by atoms with E-state index in [0.29, 0.717) is 6.54 Å². The molecular formula is C15H18N2O. The summed E-state index contributed by atoms with van der Waals surface area (Å²) in [4.78, 5) is 6.30. The Morgan fingerprint density at radius 1 is 1.11 bits per heavy atom. The van der Waals surface area contributed by atoms with E-state index < -0.39 is 0 Å². The van der Waals surface area contributed by atoms with Crippen LogP contribution in [0.1, 0.15) is 5.56 Å². The van der Waals surface area contributed by atoms with Gasteiger partial charge in [0.05, 0.1) is 13.2 Å². The summed E-state index contributed by atoms with van der Waals surface area (Å²) in [5, 5.41) is 11.2. The Morgan fingerprint density at radius 2 is 1.83 bits per heavy atom. The molecule has 0 heterocycles. The van der Waals surface area contributed by atoms with Crippen molar-refractivity contribution in [3.05, 3.63) is 42.0 Å². The van der Waals surface area contributed by atoms with Crippen molar-refractivity contribution in [2.75, 3.05) is 32.1 Å². The van der Waals surface area contributed by atoms with Crippen molar-refractivity contribution in [2.45, 2.75) is 0 Å². The first kappa shape index (κ1) is 12.6. The maximum atomic E-state index is 8.75. The summed E-state index contributed by atoms with van der Waals surface area (Å²) in [6.45, 7) is 0.536. The number of hydrogen-bond acceptors (Lipinski definition) is 3. The minimum atomic E-state index is 0.0875. The molecule has 2 aromatic rings. The molecule has 0 atom stereocenters. The number of aliphatic hydroxyl groups is 1. The van der Waals surface area contributed by atoms with Crippen LogP contribution in [-0.4, -0.2) is 38.6 Å². The zero-order chi connectivity index (χ0) is 13.0. The lowest BCUT2D eigenvalue weighted by Gasteiger charge is -2.16. The molecular weight excluding hydrogens is 224 g/mol. The highest BCUT2D eigenvalue weighted by Crippen LogP contribution is 2.27. The van der Waals surface area contributed by atoms with Crippen LogP contribution in [0.4, 0.5) is 5.69 Å². The van der Waals surface area contributed by atoms with E-state index in [1.807, 2.05) is 32.4 Å². The Balaban J connectivity index is 2.54. The molecule has 1 N–H and O–H groups in total.